The fourth-order valence-electron chi connectivity index (χ4n) is 5.94. The number of benzene rings is 1. The standard InChI is InChI=1S/C20H24N6O2/c21-18(28)15-1-3-16(4-2-15)19-23-25-26(24-19)11-17(27)22-20-8-12-5-13(9-20)7-14(6-12)10-20/h1-4,12-14H,5-11H2,(H2,21,28)(H,22,27). The van der Waals surface area contributed by atoms with Gasteiger partial charge < -0.3 is 11.1 Å². The predicted octanol–water partition coefficient (Wildman–Crippen LogP) is 1.52. The lowest BCUT2D eigenvalue weighted by Crippen LogP contribution is -2.60. The summed E-state index contributed by atoms with van der Waals surface area (Å²) >= 11 is 0. The second-order valence-corrected chi connectivity index (χ2v) is 8.83. The van der Waals surface area contributed by atoms with Crippen LogP contribution in [0.15, 0.2) is 24.3 Å². The molecule has 146 valence electrons. The first-order valence-corrected chi connectivity index (χ1v) is 9.97. The van der Waals surface area contributed by atoms with Crippen molar-refractivity contribution >= 4 is 11.8 Å². The summed E-state index contributed by atoms with van der Waals surface area (Å²) < 4.78 is 0. The molecule has 4 aliphatic rings. The van der Waals surface area contributed by atoms with E-state index in [1.807, 2.05) is 0 Å². The number of nitrogens with two attached hydrogens (primary N) is 1. The number of carbonyl (C=O) groups excluding carboxylic acids is 2. The van der Waals surface area contributed by atoms with Gasteiger partial charge in [-0.2, -0.15) is 4.80 Å². The molecule has 8 heteroatoms. The number of amides is 2. The van der Waals surface area contributed by atoms with Crippen LogP contribution < -0.4 is 11.1 Å². The fraction of sp³-hybridized carbons (Fsp3) is 0.550. The largest absolute Gasteiger partial charge is 0.366 e. The minimum Gasteiger partial charge on any atom is -0.366 e. The lowest BCUT2D eigenvalue weighted by Gasteiger charge is -2.56. The third kappa shape index (κ3) is 3.16. The van der Waals surface area contributed by atoms with Crippen molar-refractivity contribution in [1.29, 1.82) is 0 Å². The van der Waals surface area contributed by atoms with Crippen LogP contribution in [-0.2, 0) is 11.3 Å². The van der Waals surface area contributed by atoms with Gasteiger partial charge in [0.25, 0.3) is 0 Å². The molecule has 0 unspecified atom stereocenters. The number of carbonyl (C=O) groups is 2. The zero-order chi connectivity index (χ0) is 19.3. The number of hydrogen-bond donors (Lipinski definition) is 2. The van der Waals surface area contributed by atoms with E-state index in [0.29, 0.717) is 11.4 Å². The molecule has 1 aromatic heterocycles. The molecule has 0 radical (unpaired) electrons. The molecule has 1 heterocycles. The average Bonchev–Trinajstić information content (AvgIpc) is 3.08. The number of nitrogens with zero attached hydrogens (tertiary/aromatic N) is 4. The molecule has 0 atom stereocenters. The maximum Gasteiger partial charge on any atom is 0.248 e. The summed E-state index contributed by atoms with van der Waals surface area (Å²) in [5.74, 6) is 2.24. The maximum absolute atomic E-state index is 12.7. The SMILES string of the molecule is NC(=O)c1ccc(-c2nnn(CC(=O)NC34CC5CC(CC(C5)C3)C4)n2)cc1. The van der Waals surface area contributed by atoms with Gasteiger partial charge in [0, 0.05) is 16.7 Å². The van der Waals surface area contributed by atoms with Crippen molar-refractivity contribution in [2.75, 3.05) is 0 Å². The van der Waals surface area contributed by atoms with Crippen molar-refractivity contribution in [2.24, 2.45) is 23.5 Å². The molecule has 4 bridgehead atoms. The molecule has 1 aromatic carbocycles. The lowest BCUT2D eigenvalue weighted by molar-refractivity contribution is -0.127. The van der Waals surface area contributed by atoms with E-state index in [1.54, 1.807) is 24.3 Å². The van der Waals surface area contributed by atoms with Crippen molar-refractivity contribution in [3.8, 4) is 11.4 Å². The van der Waals surface area contributed by atoms with E-state index in [2.05, 4.69) is 20.7 Å². The van der Waals surface area contributed by atoms with E-state index in [0.717, 1.165) is 42.6 Å². The van der Waals surface area contributed by atoms with E-state index in [1.165, 1.54) is 24.1 Å². The Morgan fingerprint density at radius 1 is 1.07 bits per heavy atom. The van der Waals surface area contributed by atoms with Gasteiger partial charge in [0.15, 0.2) is 0 Å². The highest BCUT2D eigenvalue weighted by atomic mass is 16.2. The Bertz CT molecular complexity index is 884. The van der Waals surface area contributed by atoms with Gasteiger partial charge in [0.05, 0.1) is 0 Å². The zero-order valence-electron chi connectivity index (χ0n) is 15.7. The third-order valence-electron chi connectivity index (χ3n) is 6.61. The van der Waals surface area contributed by atoms with E-state index in [4.69, 9.17) is 5.73 Å². The van der Waals surface area contributed by atoms with Gasteiger partial charge in [-0.15, -0.1) is 10.2 Å². The van der Waals surface area contributed by atoms with Gasteiger partial charge >= 0.3 is 0 Å². The molecular formula is C20H24N6O2. The number of hydrogen-bond acceptors (Lipinski definition) is 5. The predicted molar refractivity (Wildman–Crippen MR) is 101 cm³/mol. The highest BCUT2D eigenvalue weighted by Crippen LogP contribution is 2.55. The summed E-state index contributed by atoms with van der Waals surface area (Å²) in [7, 11) is 0. The van der Waals surface area contributed by atoms with Crippen molar-refractivity contribution in [1.82, 2.24) is 25.5 Å². The summed E-state index contributed by atoms with van der Waals surface area (Å²) in [6.45, 7) is 0.0636. The van der Waals surface area contributed by atoms with Gasteiger partial charge in [-0.25, -0.2) is 0 Å². The highest BCUT2D eigenvalue weighted by Gasteiger charge is 2.51. The maximum atomic E-state index is 12.7. The van der Waals surface area contributed by atoms with Gasteiger partial charge in [0.2, 0.25) is 17.6 Å². The molecule has 8 nitrogen and oxygen atoms in total. The molecule has 6 rings (SSSR count). The fourth-order valence-corrected chi connectivity index (χ4v) is 5.94. The second-order valence-electron chi connectivity index (χ2n) is 8.83. The summed E-state index contributed by atoms with van der Waals surface area (Å²) in [5, 5.41) is 15.7. The average molecular weight is 380 g/mol. The quantitative estimate of drug-likeness (QED) is 0.816. The number of tetrazole rings is 1. The molecule has 2 aromatic rings. The Kier molecular flexibility index (Phi) is 3.96. The van der Waals surface area contributed by atoms with Crippen LogP contribution >= 0.6 is 0 Å². The topological polar surface area (TPSA) is 116 Å². The van der Waals surface area contributed by atoms with Crippen molar-refractivity contribution in [2.45, 2.75) is 50.6 Å². The number of aromatic nitrogens is 4. The Hall–Kier alpha value is -2.77. The second kappa shape index (κ2) is 6.39. The van der Waals surface area contributed by atoms with Gasteiger partial charge in [0.1, 0.15) is 6.54 Å². The summed E-state index contributed by atoms with van der Waals surface area (Å²) in [6.07, 6.45) is 7.39. The number of rotatable bonds is 5. The Morgan fingerprint density at radius 3 is 2.25 bits per heavy atom. The molecule has 0 aliphatic heterocycles. The first-order chi connectivity index (χ1) is 13.5. The highest BCUT2D eigenvalue weighted by molar-refractivity contribution is 5.93. The van der Waals surface area contributed by atoms with Crippen LogP contribution in [0.4, 0.5) is 0 Å². The van der Waals surface area contributed by atoms with Crippen molar-refractivity contribution in [3.63, 3.8) is 0 Å². The Morgan fingerprint density at radius 2 is 1.68 bits per heavy atom. The minimum atomic E-state index is -0.482. The summed E-state index contributed by atoms with van der Waals surface area (Å²) in [5.41, 5.74) is 6.38. The molecule has 0 saturated heterocycles. The van der Waals surface area contributed by atoms with Crippen LogP contribution in [0.5, 0.6) is 0 Å². The van der Waals surface area contributed by atoms with E-state index in [-0.39, 0.29) is 18.0 Å². The van der Waals surface area contributed by atoms with E-state index >= 15 is 0 Å². The molecule has 4 fully saturated rings. The monoisotopic (exact) mass is 380 g/mol. The molecule has 3 N–H and O–H groups in total. The van der Waals surface area contributed by atoms with Crippen LogP contribution in [0.25, 0.3) is 11.4 Å². The van der Waals surface area contributed by atoms with Gasteiger partial charge in [-0.1, -0.05) is 12.1 Å². The molecule has 0 spiro atoms. The van der Waals surface area contributed by atoms with Gasteiger partial charge in [-0.3, -0.25) is 9.59 Å². The first-order valence-electron chi connectivity index (χ1n) is 9.97. The molecular weight excluding hydrogens is 356 g/mol. The zero-order valence-corrected chi connectivity index (χ0v) is 15.7. The minimum absolute atomic E-state index is 0.0141. The van der Waals surface area contributed by atoms with Crippen LogP contribution in [0, 0.1) is 17.8 Å². The lowest BCUT2D eigenvalue weighted by atomic mass is 9.53. The van der Waals surface area contributed by atoms with Crippen LogP contribution in [0.1, 0.15) is 48.9 Å². The van der Waals surface area contributed by atoms with Crippen LogP contribution in [0.3, 0.4) is 0 Å². The van der Waals surface area contributed by atoms with Crippen LogP contribution in [-0.4, -0.2) is 37.6 Å². The molecule has 4 aliphatic carbocycles. The number of primary amides is 1. The molecule has 2 amide bonds. The summed E-state index contributed by atoms with van der Waals surface area (Å²) in [4.78, 5) is 25.2. The molecule has 4 saturated carbocycles. The smallest absolute Gasteiger partial charge is 0.248 e. The summed E-state index contributed by atoms with van der Waals surface area (Å²) in [6, 6.07) is 6.68. The van der Waals surface area contributed by atoms with Crippen LogP contribution in [0.2, 0.25) is 0 Å². The van der Waals surface area contributed by atoms with E-state index in [9.17, 15) is 9.59 Å². The normalized spacial score (nSPS) is 30.4. The molecule has 28 heavy (non-hydrogen) atoms. The number of nitrogens with one attached hydrogen (secondary N) is 1. The third-order valence-corrected chi connectivity index (χ3v) is 6.61. The van der Waals surface area contributed by atoms with Crippen molar-refractivity contribution in [3.05, 3.63) is 29.8 Å². The first kappa shape index (κ1) is 17.3. The Balaban J connectivity index is 1.24. The van der Waals surface area contributed by atoms with Crippen molar-refractivity contribution < 1.29 is 9.59 Å². The van der Waals surface area contributed by atoms with E-state index < -0.39 is 5.91 Å². The van der Waals surface area contributed by atoms with Gasteiger partial charge in [-0.05, 0) is 73.6 Å². The Labute approximate surface area is 162 Å².